The molecule has 0 aromatic carbocycles. The zero-order valence-corrected chi connectivity index (χ0v) is 11.0. The summed E-state index contributed by atoms with van der Waals surface area (Å²) in [6.07, 6.45) is 3.46. The Bertz CT molecular complexity index is 449. The summed E-state index contributed by atoms with van der Waals surface area (Å²) in [5, 5.41) is 0.246. The zero-order valence-electron chi connectivity index (χ0n) is 10.2. The van der Waals surface area contributed by atoms with Crippen molar-refractivity contribution in [3.05, 3.63) is 23.1 Å². The predicted molar refractivity (Wildman–Crippen MR) is 68.3 cm³/mol. The summed E-state index contributed by atoms with van der Waals surface area (Å²) in [5.74, 6) is -0.364. The van der Waals surface area contributed by atoms with Crippen LogP contribution in [0.5, 0.6) is 0 Å². The lowest BCUT2D eigenvalue weighted by Crippen LogP contribution is -2.37. The number of carbonyl (C=O) groups excluding carboxylic acids is 1. The lowest BCUT2D eigenvalue weighted by molar-refractivity contribution is -0.128. The first-order valence-electron chi connectivity index (χ1n) is 5.88. The fourth-order valence-electron chi connectivity index (χ4n) is 2.03. The van der Waals surface area contributed by atoms with Crippen molar-refractivity contribution in [2.45, 2.75) is 12.8 Å². The van der Waals surface area contributed by atoms with Crippen LogP contribution < -0.4 is 4.90 Å². The summed E-state index contributed by atoms with van der Waals surface area (Å²) in [5.41, 5.74) is 0. The quantitative estimate of drug-likeness (QED) is 0.843. The minimum absolute atomic E-state index is 0.00569. The van der Waals surface area contributed by atoms with Crippen molar-refractivity contribution in [2.75, 3.05) is 31.6 Å². The molecule has 0 bridgehead atoms. The molecule has 0 radical (unpaired) electrons. The molecular formula is C12H15ClFN3O. The minimum Gasteiger partial charge on any atom is -0.348 e. The molecule has 98 valence electrons. The molecule has 1 aromatic heterocycles. The predicted octanol–water partition coefficient (Wildman–Crippen LogP) is 1.93. The molecule has 6 heteroatoms. The van der Waals surface area contributed by atoms with E-state index in [0.29, 0.717) is 0 Å². The van der Waals surface area contributed by atoms with Crippen LogP contribution in [0, 0.1) is 5.82 Å². The third-order valence-corrected chi connectivity index (χ3v) is 3.19. The number of rotatable bonds is 3. The highest BCUT2D eigenvalue weighted by Gasteiger charge is 2.20. The van der Waals surface area contributed by atoms with Gasteiger partial charge in [-0.3, -0.25) is 4.79 Å². The van der Waals surface area contributed by atoms with Gasteiger partial charge in [-0.1, -0.05) is 11.6 Å². The second-order valence-electron chi connectivity index (χ2n) is 4.40. The molecule has 0 unspecified atom stereocenters. The van der Waals surface area contributed by atoms with Gasteiger partial charge in [-0.2, -0.15) is 0 Å². The van der Waals surface area contributed by atoms with Crippen LogP contribution in [0.4, 0.5) is 10.2 Å². The molecule has 1 aliphatic rings. The molecule has 1 saturated heterocycles. The Morgan fingerprint density at radius 2 is 2.22 bits per heavy atom. The van der Waals surface area contributed by atoms with Crippen LogP contribution in [-0.4, -0.2) is 42.5 Å². The molecule has 0 aliphatic carbocycles. The van der Waals surface area contributed by atoms with Crippen molar-refractivity contribution in [3.63, 3.8) is 0 Å². The number of aromatic nitrogens is 1. The highest BCUT2D eigenvalue weighted by Crippen LogP contribution is 2.18. The summed E-state index contributed by atoms with van der Waals surface area (Å²) < 4.78 is 13.6. The summed E-state index contributed by atoms with van der Waals surface area (Å²) >= 11 is 5.63. The average molecular weight is 272 g/mol. The number of carbonyl (C=O) groups is 1. The van der Waals surface area contributed by atoms with Gasteiger partial charge in [0.05, 0.1) is 11.6 Å². The van der Waals surface area contributed by atoms with E-state index < -0.39 is 5.82 Å². The zero-order chi connectivity index (χ0) is 13.1. The van der Waals surface area contributed by atoms with Gasteiger partial charge in [0.25, 0.3) is 0 Å². The Kier molecular flexibility index (Phi) is 4.01. The van der Waals surface area contributed by atoms with E-state index >= 15 is 0 Å². The molecule has 0 N–H and O–H groups in total. The van der Waals surface area contributed by atoms with Crippen molar-refractivity contribution in [2.24, 2.45) is 0 Å². The maximum atomic E-state index is 13.6. The number of pyridine rings is 1. The van der Waals surface area contributed by atoms with Gasteiger partial charge >= 0.3 is 0 Å². The van der Waals surface area contributed by atoms with Gasteiger partial charge in [0, 0.05) is 26.3 Å². The normalized spacial score (nSPS) is 14.9. The van der Waals surface area contributed by atoms with Crippen LogP contribution in [0.15, 0.2) is 12.3 Å². The van der Waals surface area contributed by atoms with Crippen molar-refractivity contribution in [1.29, 1.82) is 0 Å². The highest BCUT2D eigenvalue weighted by molar-refractivity contribution is 6.30. The molecular weight excluding hydrogens is 257 g/mol. The molecule has 0 saturated carbocycles. The van der Waals surface area contributed by atoms with E-state index in [2.05, 4.69) is 4.98 Å². The van der Waals surface area contributed by atoms with Crippen LogP contribution in [0.3, 0.4) is 0 Å². The number of anilines is 1. The Labute approximate surface area is 110 Å². The summed E-state index contributed by atoms with van der Waals surface area (Å²) in [7, 11) is 1.65. The molecule has 1 aliphatic heterocycles. The first-order valence-corrected chi connectivity index (χ1v) is 6.25. The summed E-state index contributed by atoms with van der Waals surface area (Å²) in [6, 6.07) is 1.20. The van der Waals surface area contributed by atoms with Crippen molar-refractivity contribution >= 4 is 23.3 Å². The molecule has 18 heavy (non-hydrogen) atoms. The van der Waals surface area contributed by atoms with Gasteiger partial charge in [-0.25, -0.2) is 9.37 Å². The topological polar surface area (TPSA) is 36.4 Å². The first-order chi connectivity index (χ1) is 8.58. The molecule has 2 rings (SSSR count). The summed E-state index contributed by atoms with van der Waals surface area (Å²) in [6.45, 7) is 1.72. The Morgan fingerprint density at radius 3 is 2.83 bits per heavy atom. The Morgan fingerprint density at radius 1 is 1.56 bits per heavy atom. The van der Waals surface area contributed by atoms with Crippen LogP contribution in [0.25, 0.3) is 0 Å². The number of hydrogen-bond donors (Lipinski definition) is 0. The van der Waals surface area contributed by atoms with Crippen LogP contribution in [-0.2, 0) is 4.79 Å². The van der Waals surface area contributed by atoms with E-state index in [1.54, 1.807) is 11.9 Å². The molecule has 1 fully saturated rings. The largest absolute Gasteiger partial charge is 0.348 e. The average Bonchev–Trinajstić information content (AvgIpc) is 2.81. The molecule has 0 spiro atoms. The second kappa shape index (κ2) is 5.52. The maximum absolute atomic E-state index is 13.6. The number of nitrogens with zero attached hydrogens (tertiary/aromatic N) is 3. The molecule has 4 nitrogen and oxygen atoms in total. The monoisotopic (exact) mass is 271 g/mol. The van der Waals surface area contributed by atoms with Gasteiger partial charge in [0.1, 0.15) is 0 Å². The van der Waals surface area contributed by atoms with Gasteiger partial charge < -0.3 is 9.80 Å². The molecule has 1 amide bonds. The van der Waals surface area contributed by atoms with E-state index in [9.17, 15) is 9.18 Å². The summed E-state index contributed by atoms with van der Waals surface area (Å²) in [4.78, 5) is 19.1. The molecule has 0 atom stereocenters. The van der Waals surface area contributed by atoms with E-state index in [0.717, 1.165) is 25.9 Å². The van der Waals surface area contributed by atoms with Crippen molar-refractivity contribution in [1.82, 2.24) is 9.88 Å². The number of likely N-dealkylation sites (tertiary alicyclic amines) is 1. The Hall–Kier alpha value is -1.36. The van der Waals surface area contributed by atoms with E-state index in [4.69, 9.17) is 11.6 Å². The fraction of sp³-hybridized carbons (Fsp3) is 0.500. The Balaban J connectivity index is 2.02. The number of likely N-dealkylation sites (N-methyl/N-ethyl adjacent to an activating group) is 1. The van der Waals surface area contributed by atoms with E-state index in [-0.39, 0.29) is 23.3 Å². The number of amides is 1. The van der Waals surface area contributed by atoms with Crippen LogP contribution >= 0.6 is 11.6 Å². The third kappa shape index (κ3) is 2.90. The maximum Gasteiger partial charge on any atom is 0.242 e. The van der Waals surface area contributed by atoms with E-state index in [1.807, 2.05) is 0 Å². The SMILES string of the molecule is CN(CC(=O)N1CCCC1)c1ncc(Cl)cc1F. The number of halogens is 2. The highest BCUT2D eigenvalue weighted by atomic mass is 35.5. The van der Waals surface area contributed by atoms with Crippen molar-refractivity contribution < 1.29 is 9.18 Å². The second-order valence-corrected chi connectivity index (χ2v) is 4.84. The van der Waals surface area contributed by atoms with Crippen molar-refractivity contribution in [3.8, 4) is 0 Å². The lowest BCUT2D eigenvalue weighted by Gasteiger charge is -2.22. The van der Waals surface area contributed by atoms with E-state index in [1.165, 1.54) is 17.2 Å². The van der Waals surface area contributed by atoms with Crippen LogP contribution in [0.1, 0.15) is 12.8 Å². The number of hydrogen-bond acceptors (Lipinski definition) is 3. The lowest BCUT2D eigenvalue weighted by atomic mass is 10.4. The van der Waals surface area contributed by atoms with Crippen LogP contribution in [0.2, 0.25) is 5.02 Å². The standard InChI is InChI=1S/C12H15ClFN3O/c1-16(8-11(18)17-4-2-3-5-17)12-10(14)6-9(13)7-15-12/h6-7H,2-5,8H2,1H3. The third-order valence-electron chi connectivity index (χ3n) is 2.98. The van der Waals surface area contributed by atoms with Gasteiger partial charge in [0.2, 0.25) is 5.91 Å². The fourth-order valence-corrected chi connectivity index (χ4v) is 2.18. The smallest absolute Gasteiger partial charge is 0.242 e. The van der Waals surface area contributed by atoms with Gasteiger partial charge in [-0.05, 0) is 18.9 Å². The van der Waals surface area contributed by atoms with Gasteiger partial charge in [-0.15, -0.1) is 0 Å². The minimum atomic E-state index is -0.515. The molecule has 2 heterocycles. The van der Waals surface area contributed by atoms with Gasteiger partial charge in [0.15, 0.2) is 11.6 Å². The molecule has 1 aromatic rings. The first kappa shape index (κ1) is 13.1.